The van der Waals surface area contributed by atoms with E-state index in [0.717, 1.165) is 62.7 Å². The highest BCUT2D eigenvalue weighted by Gasteiger charge is 2.58. The first-order valence-electron chi connectivity index (χ1n) is 12.8. The summed E-state index contributed by atoms with van der Waals surface area (Å²) < 4.78 is 22.6. The number of anilines is 3. The number of nitrogens with one attached hydrogen (secondary N) is 4. The molecule has 3 atom stereocenters. The fourth-order valence-corrected chi connectivity index (χ4v) is 6.22. The van der Waals surface area contributed by atoms with Crippen molar-refractivity contribution in [2.75, 3.05) is 36.4 Å². The highest BCUT2D eigenvalue weighted by Crippen LogP contribution is 2.57. The van der Waals surface area contributed by atoms with Crippen LogP contribution in [0.1, 0.15) is 43.7 Å². The van der Waals surface area contributed by atoms with Gasteiger partial charge in [0.2, 0.25) is 5.95 Å². The van der Waals surface area contributed by atoms with Crippen molar-refractivity contribution in [1.82, 2.24) is 35.2 Å². The van der Waals surface area contributed by atoms with Crippen molar-refractivity contribution in [3.05, 3.63) is 30.4 Å². The largest absolute Gasteiger partial charge is 0.443 e. The van der Waals surface area contributed by atoms with E-state index >= 15 is 4.39 Å². The molecule has 0 radical (unpaired) electrons. The molecule has 4 N–H and O–H groups in total. The van der Waals surface area contributed by atoms with Gasteiger partial charge in [-0.1, -0.05) is 0 Å². The summed E-state index contributed by atoms with van der Waals surface area (Å²) >= 11 is 0. The van der Waals surface area contributed by atoms with Crippen molar-refractivity contribution in [3.63, 3.8) is 0 Å². The molecule has 8 rings (SSSR count). The minimum absolute atomic E-state index is 0.0760. The molecule has 1 saturated heterocycles. The topological polar surface area (TPSA) is 124 Å². The molecular formula is C24H30FN9O2. The molecule has 190 valence electrons. The first-order chi connectivity index (χ1) is 17.6. The summed E-state index contributed by atoms with van der Waals surface area (Å²) in [5.74, 6) is 1.47. The molecule has 4 aliphatic carbocycles. The van der Waals surface area contributed by atoms with Gasteiger partial charge in [-0.15, -0.1) is 0 Å². The van der Waals surface area contributed by atoms with E-state index in [-0.39, 0.29) is 5.54 Å². The number of carbonyl (C=O) groups is 1. The van der Waals surface area contributed by atoms with E-state index in [1.54, 1.807) is 12.3 Å². The molecule has 0 aromatic carbocycles. The predicted molar refractivity (Wildman–Crippen MR) is 130 cm³/mol. The van der Waals surface area contributed by atoms with Gasteiger partial charge in [0.15, 0.2) is 11.5 Å². The van der Waals surface area contributed by atoms with Gasteiger partial charge < -0.3 is 25.6 Å². The van der Waals surface area contributed by atoms with Gasteiger partial charge in [0.05, 0.1) is 11.9 Å². The average molecular weight is 496 g/mol. The third-order valence-electron chi connectivity index (χ3n) is 8.27. The number of piperazine rings is 1. The van der Waals surface area contributed by atoms with Gasteiger partial charge in [-0.2, -0.15) is 5.10 Å². The van der Waals surface area contributed by atoms with E-state index in [9.17, 15) is 4.79 Å². The number of aromatic amines is 1. The van der Waals surface area contributed by atoms with Crippen LogP contribution in [0, 0.1) is 5.92 Å². The number of alkyl carbamates (subject to hydrolysis) is 1. The maximum atomic E-state index is 15.3. The molecular weight excluding hydrogens is 465 g/mol. The molecule has 11 nitrogen and oxygen atoms in total. The molecule has 5 aliphatic rings. The van der Waals surface area contributed by atoms with Crippen molar-refractivity contribution in [2.24, 2.45) is 5.92 Å². The molecule has 4 saturated carbocycles. The van der Waals surface area contributed by atoms with Gasteiger partial charge in [0.1, 0.15) is 12.3 Å². The fourth-order valence-electron chi connectivity index (χ4n) is 6.22. The van der Waals surface area contributed by atoms with Gasteiger partial charge in [-0.3, -0.25) is 9.50 Å². The van der Waals surface area contributed by atoms with Crippen molar-refractivity contribution in [3.8, 4) is 0 Å². The average Bonchev–Trinajstić information content (AvgIpc) is 3.58. The van der Waals surface area contributed by atoms with E-state index in [1.807, 2.05) is 16.8 Å². The van der Waals surface area contributed by atoms with Crippen LogP contribution in [-0.4, -0.2) is 74.7 Å². The van der Waals surface area contributed by atoms with Crippen LogP contribution in [0.5, 0.6) is 0 Å². The minimum Gasteiger partial charge on any atom is -0.443 e. The van der Waals surface area contributed by atoms with E-state index < -0.39 is 24.3 Å². The minimum atomic E-state index is -1.28. The summed E-state index contributed by atoms with van der Waals surface area (Å²) in [6.07, 6.45) is 7.06. The number of hydrogen-bond acceptors (Lipinski definition) is 8. The smallest absolute Gasteiger partial charge is 0.407 e. The lowest BCUT2D eigenvalue weighted by atomic mass is 9.50. The lowest BCUT2D eigenvalue weighted by molar-refractivity contribution is -0.0532. The maximum absolute atomic E-state index is 15.3. The zero-order valence-electron chi connectivity index (χ0n) is 19.9. The quantitative estimate of drug-likeness (QED) is 0.411. The Labute approximate surface area is 207 Å². The van der Waals surface area contributed by atoms with Crippen LogP contribution in [0.3, 0.4) is 0 Å². The van der Waals surface area contributed by atoms with Crippen molar-refractivity contribution in [2.45, 2.75) is 55.8 Å². The molecule has 2 bridgehead atoms. The number of nitrogens with zero attached hydrogens (tertiary/aromatic N) is 5. The van der Waals surface area contributed by atoms with E-state index in [1.165, 1.54) is 0 Å². The third kappa shape index (κ3) is 3.66. The van der Waals surface area contributed by atoms with Gasteiger partial charge in [0.25, 0.3) is 0 Å². The van der Waals surface area contributed by atoms with Crippen LogP contribution in [0.25, 0.3) is 5.65 Å². The molecule has 3 aromatic heterocycles. The molecule has 1 amide bonds. The Balaban J connectivity index is 1.02. The number of fused-ring (bicyclic) bond motifs is 1. The van der Waals surface area contributed by atoms with E-state index in [0.29, 0.717) is 30.3 Å². The summed E-state index contributed by atoms with van der Waals surface area (Å²) in [4.78, 5) is 23.7. The lowest BCUT2D eigenvalue weighted by Gasteiger charge is -2.61. The van der Waals surface area contributed by atoms with Gasteiger partial charge in [-0.05, 0) is 38.0 Å². The number of hydrogen-bond donors (Lipinski definition) is 4. The van der Waals surface area contributed by atoms with Gasteiger partial charge in [0, 0.05) is 61.8 Å². The Morgan fingerprint density at radius 2 is 2.03 bits per heavy atom. The summed E-state index contributed by atoms with van der Waals surface area (Å²) in [6, 6.07) is 1.80. The molecule has 4 heterocycles. The summed E-state index contributed by atoms with van der Waals surface area (Å²) in [7, 11) is 0. The highest BCUT2D eigenvalue weighted by molar-refractivity contribution is 5.71. The number of rotatable bonds is 6. The monoisotopic (exact) mass is 495 g/mol. The maximum Gasteiger partial charge on any atom is 0.407 e. The van der Waals surface area contributed by atoms with Crippen LogP contribution in [0.15, 0.2) is 24.7 Å². The summed E-state index contributed by atoms with van der Waals surface area (Å²) in [6.45, 7) is 3.66. The second-order valence-corrected chi connectivity index (χ2v) is 10.6. The van der Waals surface area contributed by atoms with Crippen LogP contribution in [0.4, 0.5) is 26.6 Å². The van der Waals surface area contributed by atoms with E-state index in [2.05, 4.69) is 41.0 Å². The first kappa shape index (κ1) is 21.8. The Hall–Kier alpha value is -3.41. The zero-order valence-corrected chi connectivity index (χ0v) is 19.9. The van der Waals surface area contributed by atoms with Gasteiger partial charge in [-0.25, -0.2) is 19.2 Å². The normalized spacial score (nSPS) is 31.1. The summed E-state index contributed by atoms with van der Waals surface area (Å²) in [5, 5.41) is 16.8. The second-order valence-electron chi connectivity index (χ2n) is 10.6. The van der Waals surface area contributed by atoms with Crippen LogP contribution in [0.2, 0.25) is 0 Å². The van der Waals surface area contributed by atoms with Crippen LogP contribution < -0.4 is 20.9 Å². The zero-order chi connectivity index (χ0) is 24.3. The molecule has 5 fully saturated rings. The van der Waals surface area contributed by atoms with Crippen molar-refractivity contribution in [1.29, 1.82) is 0 Å². The van der Waals surface area contributed by atoms with Crippen LogP contribution in [-0.2, 0) is 4.74 Å². The van der Waals surface area contributed by atoms with E-state index in [4.69, 9.17) is 4.74 Å². The lowest BCUT2D eigenvalue weighted by Crippen LogP contribution is -2.68. The standard InChI is InChI=1S/C24H30FN9O2/c25-20-15(1-2-18(20)36-23(35)30-24-10-14(11-24)12-24)16-9-19(32-31-16)29-22-28-13-17(21-27-5-8-34(21)22)33-6-3-26-4-7-33/h5,8-9,13-15,18,20,26H,1-4,6-7,10-12H2,(H,30,35)(H2,28,29,31,32)/t14?,15-,18-,20+,24?/m1/s1. The Morgan fingerprint density at radius 3 is 2.81 bits per heavy atom. The second kappa shape index (κ2) is 8.32. The molecule has 36 heavy (non-hydrogen) atoms. The summed E-state index contributed by atoms with van der Waals surface area (Å²) in [5.41, 5.74) is 2.41. The Kier molecular flexibility index (Phi) is 5.05. The number of H-pyrrole nitrogens is 1. The molecule has 0 unspecified atom stereocenters. The number of alkyl halides is 1. The number of halogens is 1. The SMILES string of the molecule is O=C(NC12CC(C1)C2)O[C@@H]1CC[C@H](c2cc(Nc3ncc(N4CCNCC4)c4nccn34)n[nH]2)[C@@H]1F. The fraction of sp³-hybridized carbons (Fsp3) is 0.583. The van der Waals surface area contributed by atoms with Crippen molar-refractivity contribution >= 4 is 29.2 Å². The third-order valence-corrected chi connectivity index (χ3v) is 8.27. The predicted octanol–water partition coefficient (Wildman–Crippen LogP) is 2.47. The number of carbonyl (C=O) groups excluding carboxylic acids is 1. The highest BCUT2D eigenvalue weighted by atomic mass is 19.1. The number of amides is 1. The first-order valence-corrected chi connectivity index (χ1v) is 12.8. The van der Waals surface area contributed by atoms with Gasteiger partial charge >= 0.3 is 6.09 Å². The Bertz CT molecular complexity index is 1270. The van der Waals surface area contributed by atoms with Crippen LogP contribution >= 0.6 is 0 Å². The Morgan fingerprint density at radius 1 is 1.19 bits per heavy atom. The number of imidazole rings is 1. The molecule has 12 heteroatoms. The molecule has 1 aliphatic heterocycles. The molecule has 3 aromatic rings. The molecule has 0 spiro atoms. The number of aromatic nitrogens is 5. The number of ether oxygens (including phenoxy) is 1. The van der Waals surface area contributed by atoms with Crippen molar-refractivity contribution < 1.29 is 13.9 Å².